The molecule has 0 saturated heterocycles. The van der Waals surface area contributed by atoms with Crippen LogP contribution < -0.4 is 5.32 Å². The number of nitrogens with one attached hydrogen (secondary N) is 1. The normalized spacial score (nSPS) is 13.9. The van der Waals surface area contributed by atoms with Gasteiger partial charge in [-0.3, -0.25) is 0 Å². The van der Waals surface area contributed by atoms with Crippen molar-refractivity contribution in [2.75, 3.05) is 20.2 Å². The minimum Gasteiger partial charge on any atom is -0.365 e. The Morgan fingerprint density at radius 2 is 1.60 bits per heavy atom. The first-order valence-electron chi connectivity index (χ1n) is 6.77. The van der Waals surface area contributed by atoms with Crippen LogP contribution in [0.4, 0.5) is 0 Å². The Morgan fingerprint density at radius 3 is 2.20 bits per heavy atom. The van der Waals surface area contributed by atoms with Crippen LogP contribution in [0, 0.1) is 0 Å². The van der Waals surface area contributed by atoms with Gasteiger partial charge in [0.1, 0.15) is 5.60 Å². The van der Waals surface area contributed by atoms with Crippen molar-refractivity contribution in [1.82, 2.24) is 5.32 Å². The number of hydrogen-bond acceptors (Lipinski definition) is 2. The van der Waals surface area contributed by atoms with Gasteiger partial charge in [-0.2, -0.15) is 0 Å². The van der Waals surface area contributed by atoms with E-state index in [1.165, 1.54) is 0 Å². The molecule has 0 aliphatic carbocycles. The van der Waals surface area contributed by atoms with E-state index in [-0.39, 0.29) is 0 Å². The zero-order valence-electron chi connectivity index (χ0n) is 11.9. The molecule has 106 valence electrons. The molecule has 1 atom stereocenters. The molecule has 0 saturated carbocycles. The fraction of sp³-hybridized carbons (Fsp3) is 0.294. The summed E-state index contributed by atoms with van der Waals surface area (Å²) in [6, 6.07) is 18.1. The van der Waals surface area contributed by atoms with Gasteiger partial charge in [-0.05, 0) is 37.2 Å². The Balaban J connectivity index is 2.35. The molecule has 0 fully saturated rings. The molecule has 3 heteroatoms. The summed E-state index contributed by atoms with van der Waals surface area (Å²) in [5.74, 6) is 0. The van der Waals surface area contributed by atoms with Gasteiger partial charge in [-0.1, -0.05) is 54.1 Å². The molecular formula is C17H20ClNO. The van der Waals surface area contributed by atoms with E-state index in [0.717, 1.165) is 22.7 Å². The second kappa shape index (κ2) is 6.89. The first kappa shape index (κ1) is 15.0. The van der Waals surface area contributed by atoms with Gasteiger partial charge in [-0.15, -0.1) is 0 Å². The van der Waals surface area contributed by atoms with E-state index in [2.05, 4.69) is 24.4 Å². The quantitative estimate of drug-likeness (QED) is 0.816. The van der Waals surface area contributed by atoms with E-state index in [4.69, 9.17) is 16.3 Å². The summed E-state index contributed by atoms with van der Waals surface area (Å²) in [5.41, 5.74) is 1.77. The van der Waals surface area contributed by atoms with Crippen LogP contribution in [0.5, 0.6) is 0 Å². The van der Waals surface area contributed by atoms with E-state index in [0.29, 0.717) is 6.61 Å². The summed E-state index contributed by atoms with van der Waals surface area (Å²) >= 11 is 5.98. The van der Waals surface area contributed by atoms with Crippen LogP contribution >= 0.6 is 11.6 Å². The third-order valence-electron chi connectivity index (χ3n) is 3.46. The average molecular weight is 290 g/mol. The van der Waals surface area contributed by atoms with E-state index in [9.17, 15) is 0 Å². The maximum atomic E-state index is 6.18. The Morgan fingerprint density at radius 1 is 1.00 bits per heavy atom. The van der Waals surface area contributed by atoms with Crippen molar-refractivity contribution in [3.8, 4) is 0 Å². The van der Waals surface area contributed by atoms with Crippen molar-refractivity contribution in [2.24, 2.45) is 0 Å². The highest BCUT2D eigenvalue weighted by Gasteiger charge is 2.29. The van der Waals surface area contributed by atoms with Crippen molar-refractivity contribution < 1.29 is 4.74 Å². The van der Waals surface area contributed by atoms with Crippen LogP contribution in [0.25, 0.3) is 0 Å². The van der Waals surface area contributed by atoms with Gasteiger partial charge < -0.3 is 10.1 Å². The summed E-state index contributed by atoms with van der Waals surface area (Å²) in [7, 11) is 1.92. The lowest BCUT2D eigenvalue weighted by atomic mass is 9.88. The predicted molar refractivity (Wildman–Crippen MR) is 84.2 cm³/mol. The molecule has 0 spiro atoms. The highest BCUT2D eigenvalue weighted by Crippen LogP contribution is 2.33. The Bertz CT molecular complexity index is 526. The first-order chi connectivity index (χ1) is 9.66. The number of hydrogen-bond donors (Lipinski definition) is 1. The van der Waals surface area contributed by atoms with Gasteiger partial charge >= 0.3 is 0 Å². The fourth-order valence-electron chi connectivity index (χ4n) is 2.21. The molecular weight excluding hydrogens is 270 g/mol. The van der Waals surface area contributed by atoms with Gasteiger partial charge in [0.25, 0.3) is 0 Å². The second-order valence-corrected chi connectivity index (χ2v) is 5.29. The zero-order chi connectivity index (χ0) is 14.4. The molecule has 0 bridgehead atoms. The number of ether oxygens (including phenoxy) is 1. The van der Waals surface area contributed by atoms with Gasteiger partial charge in [0.2, 0.25) is 0 Å². The van der Waals surface area contributed by atoms with E-state index < -0.39 is 5.60 Å². The van der Waals surface area contributed by atoms with Crippen molar-refractivity contribution in [1.29, 1.82) is 0 Å². The molecule has 20 heavy (non-hydrogen) atoms. The SMILES string of the molecule is CNCCOC(C)(c1ccccc1)c1ccc(Cl)cc1. The fourth-order valence-corrected chi connectivity index (χ4v) is 2.34. The topological polar surface area (TPSA) is 21.3 Å². The Kier molecular flexibility index (Phi) is 5.18. The average Bonchev–Trinajstić information content (AvgIpc) is 2.49. The number of likely N-dealkylation sites (N-methyl/N-ethyl adjacent to an activating group) is 1. The predicted octanol–water partition coefficient (Wildman–Crippen LogP) is 3.84. The lowest BCUT2D eigenvalue weighted by Gasteiger charge is -2.31. The lowest BCUT2D eigenvalue weighted by molar-refractivity contribution is -0.00153. The molecule has 2 aromatic rings. The van der Waals surface area contributed by atoms with Crippen molar-refractivity contribution in [3.05, 3.63) is 70.7 Å². The smallest absolute Gasteiger partial charge is 0.115 e. The molecule has 2 rings (SSSR count). The first-order valence-corrected chi connectivity index (χ1v) is 7.15. The van der Waals surface area contributed by atoms with Crippen LogP contribution in [0.15, 0.2) is 54.6 Å². The third kappa shape index (κ3) is 3.40. The standard InChI is InChI=1S/C17H20ClNO/c1-17(20-13-12-19-2,14-6-4-3-5-7-14)15-8-10-16(18)11-9-15/h3-11,19H,12-13H2,1-2H3. The molecule has 0 aliphatic rings. The molecule has 0 heterocycles. The van der Waals surface area contributed by atoms with Crippen LogP contribution in [-0.4, -0.2) is 20.2 Å². The molecule has 1 unspecified atom stereocenters. The van der Waals surface area contributed by atoms with Crippen molar-refractivity contribution in [2.45, 2.75) is 12.5 Å². The maximum Gasteiger partial charge on any atom is 0.115 e. The summed E-state index contributed by atoms with van der Waals surface area (Å²) in [6.07, 6.45) is 0. The molecule has 0 aromatic heterocycles. The van der Waals surface area contributed by atoms with Gasteiger partial charge in [-0.25, -0.2) is 0 Å². The second-order valence-electron chi connectivity index (χ2n) is 4.86. The zero-order valence-corrected chi connectivity index (χ0v) is 12.7. The largest absolute Gasteiger partial charge is 0.365 e. The monoisotopic (exact) mass is 289 g/mol. The molecule has 0 amide bonds. The molecule has 0 radical (unpaired) electrons. The van der Waals surface area contributed by atoms with E-state index >= 15 is 0 Å². The molecule has 2 aromatic carbocycles. The van der Waals surface area contributed by atoms with E-state index in [1.807, 2.05) is 49.5 Å². The third-order valence-corrected chi connectivity index (χ3v) is 3.71. The van der Waals surface area contributed by atoms with Gasteiger partial charge in [0.05, 0.1) is 6.61 Å². The van der Waals surface area contributed by atoms with Gasteiger partial charge in [0.15, 0.2) is 0 Å². The number of rotatable bonds is 6. The Hall–Kier alpha value is -1.35. The van der Waals surface area contributed by atoms with Crippen LogP contribution in [-0.2, 0) is 10.3 Å². The molecule has 0 aliphatic heterocycles. The van der Waals surface area contributed by atoms with Crippen LogP contribution in [0.2, 0.25) is 5.02 Å². The van der Waals surface area contributed by atoms with E-state index in [1.54, 1.807) is 0 Å². The lowest BCUT2D eigenvalue weighted by Crippen LogP contribution is -2.30. The van der Waals surface area contributed by atoms with Crippen LogP contribution in [0.1, 0.15) is 18.1 Å². The van der Waals surface area contributed by atoms with Crippen LogP contribution in [0.3, 0.4) is 0 Å². The summed E-state index contributed by atoms with van der Waals surface area (Å²) in [4.78, 5) is 0. The minimum atomic E-state index is -0.470. The highest BCUT2D eigenvalue weighted by atomic mass is 35.5. The number of halogens is 1. The minimum absolute atomic E-state index is 0.470. The highest BCUT2D eigenvalue weighted by molar-refractivity contribution is 6.30. The van der Waals surface area contributed by atoms with Crippen molar-refractivity contribution >= 4 is 11.6 Å². The van der Waals surface area contributed by atoms with Crippen molar-refractivity contribution in [3.63, 3.8) is 0 Å². The molecule has 2 nitrogen and oxygen atoms in total. The molecule has 1 N–H and O–H groups in total. The number of benzene rings is 2. The van der Waals surface area contributed by atoms with Gasteiger partial charge in [0, 0.05) is 11.6 Å². The summed E-state index contributed by atoms with van der Waals surface area (Å²) in [5, 5.41) is 3.84. The Labute approximate surface area is 125 Å². The summed E-state index contributed by atoms with van der Waals surface area (Å²) < 4.78 is 6.18. The summed E-state index contributed by atoms with van der Waals surface area (Å²) in [6.45, 7) is 3.56. The maximum absolute atomic E-state index is 6.18.